The van der Waals surface area contributed by atoms with E-state index in [1.807, 2.05) is 20.8 Å². The zero-order valence-corrected chi connectivity index (χ0v) is 9.92. The first-order valence-electron chi connectivity index (χ1n) is 5.27. The molecule has 0 aliphatic heterocycles. The summed E-state index contributed by atoms with van der Waals surface area (Å²) in [4.78, 5) is 11.4. The molecule has 0 unspecified atom stereocenters. The van der Waals surface area contributed by atoms with Crippen molar-refractivity contribution in [2.45, 2.75) is 33.8 Å². The van der Waals surface area contributed by atoms with Crippen molar-refractivity contribution in [2.24, 2.45) is 5.41 Å². The van der Waals surface area contributed by atoms with E-state index in [1.54, 1.807) is 18.2 Å². The minimum absolute atomic E-state index is 0.00157. The number of hydrogen-bond donors (Lipinski definition) is 0. The van der Waals surface area contributed by atoms with Crippen LogP contribution in [-0.2, 0) is 16.1 Å². The van der Waals surface area contributed by atoms with Gasteiger partial charge in [0.1, 0.15) is 12.4 Å². The molecule has 0 atom stereocenters. The van der Waals surface area contributed by atoms with Crippen molar-refractivity contribution in [1.82, 2.24) is 0 Å². The second kappa shape index (κ2) is 5.10. The fourth-order valence-electron chi connectivity index (χ4n) is 1.26. The molecule has 0 saturated carbocycles. The minimum atomic E-state index is -0.342. The van der Waals surface area contributed by atoms with Crippen LogP contribution >= 0.6 is 0 Å². The zero-order valence-electron chi connectivity index (χ0n) is 9.92. The number of rotatable bonds is 3. The molecule has 16 heavy (non-hydrogen) atoms. The lowest BCUT2D eigenvalue weighted by Crippen LogP contribution is -2.15. The van der Waals surface area contributed by atoms with Crippen LogP contribution in [0.25, 0.3) is 0 Å². The van der Waals surface area contributed by atoms with Gasteiger partial charge in [-0.25, -0.2) is 4.39 Å². The monoisotopic (exact) mass is 224 g/mol. The molecule has 1 aromatic rings. The van der Waals surface area contributed by atoms with E-state index >= 15 is 0 Å². The zero-order chi connectivity index (χ0) is 12.2. The first kappa shape index (κ1) is 12.7. The van der Waals surface area contributed by atoms with E-state index in [-0.39, 0.29) is 23.8 Å². The highest BCUT2D eigenvalue weighted by molar-refractivity contribution is 5.70. The molecule has 1 rings (SSSR count). The number of halogens is 1. The number of esters is 1. The molecule has 0 fully saturated rings. The molecule has 0 radical (unpaired) electrons. The van der Waals surface area contributed by atoms with Gasteiger partial charge < -0.3 is 4.74 Å². The van der Waals surface area contributed by atoms with Crippen LogP contribution in [0.5, 0.6) is 0 Å². The van der Waals surface area contributed by atoms with E-state index in [0.717, 1.165) is 0 Å². The van der Waals surface area contributed by atoms with Gasteiger partial charge in [0.25, 0.3) is 0 Å². The van der Waals surface area contributed by atoms with Crippen molar-refractivity contribution in [3.8, 4) is 0 Å². The molecular formula is C13H17FO2. The number of carbonyl (C=O) groups is 1. The lowest BCUT2D eigenvalue weighted by atomic mass is 9.92. The average Bonchev–Trinajstić information content (AvgIpc) is 2.14. The third-order valence-corrected chi connectivity index (χ3v) is 2.02. The predicted octanol–water partition coefficient (Wildman–Crippen LogP) is 3.31. The van der Waals surface area contributed by atoms with Gasteiger partial charge in [-0.2, -0.15) is 0 Å². The van der Waals surface area contributed by atoms with Gasteiger partial charge in [0.05, 0.1) is 6.42 Å². The molecule has 88 valence electrons. The van der Waals surface area contributed by atoms with Gasteiger partial charge in [-0.1, -0.05) is 39.0 Å². The Bertz CT molecular complexity index is 366. The standard InChI is InChI=1S/C13H17FO2/c1-13(2,3)8-12(15)16-9-10-6-4-5-7-11(10)14/h4-7H,8-9H2,1-3H3. The van der Waals surface area contributed by atoms with Crippen molar-refractivity contribution in [2.75, 3.05) is 0 Å². The maximum absolute atomic E-state index is 13.2. The molecule has 0 heterocycles. The normalized spacial score (nSPS) is 11.2. The van der Waals surface area contributed by atoms with Crippen LogP contribution in [0.3, 0.4) is 0 Å². The Labute approximate surface area is 95.4 Å². The van der Waals surface area contributed by atoms with Gasteiger partial charge in [-0.3, -0.25) is 4.79 Å². The highest BCUT2D eigenvalue weighted by Crippen LogP contribution is 2.19. The van der Waals surface area contributed by atoms with Crippen LogP contribution in [0.4, 0.5) is 4.39 Å². The summed E-state index contributed by atoms with van der Waals surface area (Å²) < 4.78 is 18.2. The maximum atomic E-state index is 13.2. The van der Waals surface area contributed by atoms with Gasteiger partial charge in [0, 0.05) is 5.56 Å². The number of benzene rings is 1. The van der Waals surface area contributed by atoms with E-state index < -0.39 is 0 Å². The molecule has 1 aromatic carbocycles. The van der Waals surface area contributed by atoms with Crippen molar-refractivity contribution in [3.63, 3.8) is 0 Å². The summed E-state index contributed by atoms with van der Waals surface area (Å²) in [7, 11) is 0. The van der Waals surface area contributed by atoms with E-state index in [2.05, 4.69) is 0 Å². The Morgan fingerprint density at radius 1 is 1.31 bits per heavy atom. The van der Waals surface area contributed by atoms with E-state index in [0.29, 0.717) is 12.0 Å². The van der Waals surface area contributed by atoms with E-state index in [1.165, 1.54) is 6.07 Å². The summed E-state index contributed by atoms with van der Waals surface area (Å²) in [5, 5.41) is 0. The van der Waals surface area contributed by atoms with Gasteiger partial charge in [-0.15, -0.1) is 0 Å². The quantitative estimate of drug-likeness (QED) is 0.736. The van der Waals surface area contributed by atoms with Gasteiger partial charge in [-0.05, 0) is 11.5 Å². The van der Waals surface area contributed by atoms with Crippen molar-refractivity contribution in [3.05, 3.63) is 35.6 Å². The van der Waals surface area contributed by atoms with Crippen LogP contribution in [0, 0.1) is 11.2 Å². The number of carbonyl (C=O) groups excluding carboxylic acids is 1. The molecule has 0 spiro atoms. The first-order chi connectivity index (χ1) is 7.38. The highest BCUT2D eigenvalue weighted by Gasteiger charge is 2.17. The smallest absolute Gasteiger partial charge is 0.306 e. The molecule has 0 bridgehead atoms. The molecule has 0 aliphatic carbocycles. The van der Waals surface area contributed by atoms with Crippen LogP contribution in [0.1, 0.15) is 32.8 Å². The fourth-order valence-corrected chi connectivity index (χ4v) is 1.26. The van der Waals surface area contributed by atoms with Crippen LogP contribution < -0.4 is 0 Å². The summed E-state index contributed by atoms with van der Waals surface area (Å²) in [6, 6.07) is 6.29. The Morgan fingerprint density at radius 3 is 2.50 bits per heavy atom. The van der Waals surface area contributed by atoms with Crippen molar-refractivity contribution in [1.29, 1.82) is 0 Å². The second-order valence-corrected chi connectivity index (χ2v) is 4.99. The third kappa shape index (κ3) is 4.43. The van der Waals surface area contributed by atoms with Gasteiger partial charge >= 0.3 is 5.97 Å². The van der Waals surface area contributed by atoms with Crippen LogP contribution in [-0.4, -0.2) is 5.97 Å². The lowest BCUT2D eigenvalue weighted by Gasteiger charge is -2.16. The van der Waals surface area contributed by atoms with Crippen molar-refractivity contribution >= 4 is 5.97 Å². The number of ether oxygens (including phenoxy) is 1. The van der Waals surface area contributed by atoms with E-state index in [9.17, 15) is 9.18 Å². The molecule has 3 heteroatoms. The lowest BCUT2D eigenvalue weighted by molar-refractivity contribution is -0.147. The third-order valence-electron chi connectivity index (χ3n) is 2.02. The molecule has 0 aromatic heterocycles. The predicted molar refractivity (Wildman–Crippen MR) is 60.3 cm³/mol. The molecular weight excluding hydrogens is 207 g/mol. The number of hydrogen-bond acceptors (Lipinski definition) is 2. The minimum Gasteiger partial charge on any atom is -0.461 e. The van der Waals surface area contributed by atoms with Crippen LogP contribution in [0.15, 0.2) is 24.3 Å². The second-order valence-electron chi connectivity index (χ2n) is 4.99. The van der Waals surface area contributed by atoms with E-state index in [4.69, 9.17) is 4.74 Å². The SMILES string of the molecule is CC(C)(C)CC(=O)OCc1ccccc1F. The molecule has 0 saturated heterocycles. The molecule has 0 aliphatic rings. The van der Waals surface area contributed by atoms with Gasteiger partial charge in [0.2, 0.25) is 0 Å². The maximum Gasteiger partial charge on any atom is 0.306 e. The highest BCUT2D eigenvalue weighted by atomic mass is 19.1. The Hall–Kier alpha value is -1.38. The summed E-state index contributed by atoms with van der Waals surface area (Å²) in [6.07, 6.45) is 0.335. The summed E-state index contributed by atoms with van der Waals surface area (Å²) in [5.74, 6) is -0.637. The largest absolute Gasteiger partial charge is 0.461 e. The summed E-state index contributed by atoms with van der Waals surface area (Å²) in [6.45, 7) is 5.87. The molecule has 0 amide bonds. The fraction of sp³-hybridized carbons (Fsp3) is 0.462. The van der Waals surface area contributed by atoms with Gasteiger partial charge in [0.15, 0.2) is 0 Å². The summed E-state index contributed by atoms with van der Waals surface area (Å²) in [5.41, 5.74) is 0.302. The summed E-state index contributed by atoms with van der Waals surface area (Å²) >= 11 is 0. The Morgan fingerprint density at radius 2 is 1.94 bits per heavy atom. The average molecular weight is 224 g/mol. The Kier molecular flexibility index (Phi) is 4.05. The van der Waals surface area contributed by atoms with Crippen molar-refractivity contribution < 1.29 is 13.9 Å². The molecule has 0 N–H and O–H groups in total. The molecule has 2 nitrogen and oxygen atoms in total. The van der Waals surface area contributed by atoms with Crippen LogP contribution in [0.2, 0.25) is 0 Å². The topological polar surface area (TPSA) is 26.3 Å². The first-order valence-corrected chi connectivity index (χ1v) is 5.27. The Balaban J connectivity index is 2.47.